The number of primary amides is 1. The second-order valence-corrected chi connectivity index (χ2v) is 3.28. The number of hydrogen-bond donors (Lipinski definition) is 2. The molecule has 80 valence electrons. The van der Waals surface area contributed by atoms with Crippen LogP contribution < -0.4 is 11.3 Å². The molecule has 1 amide bonds. The fourth-order valence-corrected chi connectivity index (χ4v) is 1.40. The number of carbonyl (C=O) groups is 1. The van der Waals surface area contributed by atoms with Crippen molar-refractivity contribution >= 4 is 22.8 Å². The summed E-state index contributed by atoms with van der Waals surface area (Å²) in [6.07, 6.45) is 4.41. The number of benzene rings is 1. The molecular weight excluding hydrogens is 206 g/mol. The van der Waals surface area contributed by atoms with E-state index < -0.39 is 5.91 Å². The number of rotatable bonds is 2. The fraction of sp³-hybridized carbons (Fsp3) is 0. The summed E-state index contributed by atoms with van der Waals surface area (Å²) in [5, 5.41) is 7.32. The SMILES string of the molecule is NC(=O)C=Cc1ccc2c(=O)[nH]ncc2c1. The Morgan fingerprint density at radius 1 is 1.44 bits per heavy atom. The Morgan fingerprint density at radius 3 is 3.00 bits per heavy atom. The highest BCUT2D eigenvalue weighted by atomic mass is 16.1. The number of aromatic amines is 1. The number of nitrogens with zero attached hydrogens (tertiary/aromatic N) is 1. The van der Waals surface area contributed by atoms with Crippen molar-refractivity contribution in [1.82, 2.24) is 10.2 Å². The Kier molecular flexibility index (Phi) is 2.51. The molecule has 0 radical (unpaired) electrons. The highest BCUT2D eigenvalue weighted by molar-refractivity contribution is 5.91. The van der Waals surface area contributed by atoms with Gasteiger partial charge in [-0.05, 0) is 23.8 Å². The zero-order chi connectivity index (χ0) is 11.5. The number of carbonyl (C=O) groups excluding carboxylic acids is 1. The molecule has 1 aromatic carbocycles. The molecule has 0 unspecified atom stereocenters. The van der Waals surface area contributed by atoms with E-state index in [1.54, 1.807) is 30.5 Å². The molecule has 3 N–H and O–H groups in total. The van der Waals surface area contributed by atoms with Gasteiger partial charge < -0.3 is 5.73 Å². The monoisotopic (exact) mass is 215 g/mol. The van der Waals surface area contributed by atoms with Crippen LogP contribution in [0.5, 0.6) is 0 Å². The second-order valence-electron chi connectivity index (χ2n) is 3.28. The van der Waals surface area contributed by atoms with Gasteiger partial charge in [-0.2, -0.15) is 5.10 Å². The van der Waals surface area contributed by atoms with Crippen molar-refractivity contribution in [1.29, 1.82) is 0 Å². The van der Waals surface area contributed by atoms with E-state index in [-0.39, 0.29) is 5.56 Å². The average molecular weight is 215 g/mol. The molecule has 5 nitrogen and oxygen atoms in total. The lowest BCUT2D eigenvalue weighted by Crippen LogP contribution is -2.07. The summed E-state index contributed by atoms with van der Waals surface area (Å²) in [6.45, 7) is 0. The molecule has 0 spiro atoms. The summed E-state index contributed by atoms with van der Waals surface area (Å²) in [4.78, 5) is 21.9. The molecule has 0 atom stereocenters. The molecule has 0 aliphatic carbocycles. The molecule has 16 heavy (non-hydrogen) atoms. The van der Waals surface area contributed by atoms with Crippen LogP contribution in [-0.4, -0.2) is 16.1 Å². The van der Waals surface area contributed by atoms with E-state index in [0.717, 1.165) is 10.9 Å². The van der Waals surface area contributed by atoms with Crippen molar-refractivity contribution in [2.75, 3.05) is 0 Å². The average Bonchev–Trinajstić information content (AvgIpc) is 2.26. The Balaban J connectivity index is 2.53. The van der Waals surface area contributed by atoms with Gasteiger partial charge in [0.15, 0.2) is 0 Å². The standard InChI is InChI=1S/C11H9N3O2/c12-10(15)4-2-7-1-3-9-8(5-7)6-13-14-11(9)16/h1-6H,(H2,12,15)(H,14,16). The van der Waals surface area contributed by atoms with Gasteiger partial charge in [0.2, 0.25) is 5.91 Å². The van der Waals surface area contributed by atoms with Gasteiger partial charge in [0.25, 0.3) is 5.56 Å². The van der Waals surface area contributed by atoms with E-state index in [1.165, 1.54) is 6.08 Å². The summed E-state index contributed by atoms with van der Waals surface area (Å²) in [5.74, 6) is -0.510. The summed E-state index contributed by atoms with van der Waals surface area (Å²) in [5.41, 5.74) is 5.54. The summed E-state index contributed by atoms with van der Waals surface area (Å²) in [7, 11) is 0. The van der Waals surface area contributed by atoms with Gasteiger partial charge in [0.1, 0.15) is 0 Å². The zero-order valence-corrected chi connectivity index (χ0v) is 8.31. The first kappa shape index (κ1) is 10.1. The van der Waals surface area contributed by atoms with Gasteiger partial charge >= 0.3 is 0 Å². The smallest absolute Gasteiger partial charge is 0.272 e. The van der Waals surface area contributed by atoms with Crippen molar-refractivity contribution < 1.29 is 4.79 Å². The summed E-state index contributed by atoms with van der Waals surface area (Å²) in [6, 6.07) is 5.17. The summed E-state index contributed by atoms with van der Waals surface area (Å²) >= 11 is 0. The third kappa shape index (κ3) is 1.98. The lowest BCUT2D eigenvalue weighted by molar-refractivity contribution is -0.113. The number of H-pyrrole nitrogens is 1. The van der Waals surface area contributed by atoms with Gasteiger partial charge in [0, 0.05) is 11.5 Å². The number of amides is 1. The predicted molar refractivity (Wildman–Crippen MR) is 60.6 cm³/mol. The van der Waals surface area contributed by atoms with Crippen LogP contribution in [0.15, 0.2) is 35.3 Å². The fourth-order valence-electron chi connectivity index (χ4n) is 1.40. The maximum Gasteiger partial charge on any atom is 0.272 e. The van der Waals surface area contributed by atoms with Crippen LogP contribution in [-0.2, 0) is 4.79 Å². The van der Waals surface area contributed by atoms with E-state index in [1.807, 2.05) is 0 Å². The molecule has 1 aromatic heterocycles. The van der Waals surface area contributed by atoms with E-state index >= 15 is 0 Å². The van der Waals surface area contributed by atoms with Crippen LogP contribution in [0.1, 0.15) is 5.56 Å². The first-order chi connectivity index (χ1) is 7.66. The number of aromatic nitrogens is 2. The molecule has 0 saturated heterocycles. The van der Waals surface area contributed by atoms with Crippen LogP contribution in [0.25, 0.3) is 16.8 Å². The van der Waals surface area contributed by atoms with E-state index in [4.69, 9.17) is 5.73 Å². The summed E-state index contributed by atoms with van der Waals surface area (Å²) < 4.78 is 0. The van der Waals surface area contributed by atoms with Crippen molar-refractivity contribution in [2.24, 2.45) is 5.73 Å². The minimum absolute atomic E-state index is 0.233. The van der Waals surface area contributed by atoms with E-state index in [0.29, 0.717) is 5.39 Å². The molecule has 0 aliphatic heterocycles. The van der Waals surface area contributed by atoms with Crippen molar-refractivity contribution in [3.63, 3.8) is 0 Å². The minimum atomic E-state index is -0.510. The van der Waals surface area contributed by atoms with Crippen LogP contribution in [0, 0.1) is 0 Å². The maximum absolute atomic E-state index is 11.3. The molecule has 0 aliphatic rings. The highest BCUT2D eigenvalue weighted by Gasteiger charge is 1.98. The number of fused-ring (bicyclic) bond motifs is 1. The lowest BCUT2D eigenvalue weighted by atomic mass is 10.1. The normalized spacial score (nSPS) is 11.0. The quantitative estimate of drug-likeness (QED) is 0.711. The van der Waals surface area contributed by atoms with Gasteiger partial charge in [0.05, 0.1) is 11.6 Å². The zero-order valence-electron chi connectivity index (χ0n) is 8.31. The van der Waals surface area contributed by atoms with Gasteiger partial charge in [-0.25, -0.2) is 5.10 Å². The predicted octanol–water partition coefficient (Wildman–Crippen LogP) is 0.422. The van der Waals surface area contributed by atoms with Crippen LogP contribution in [0.3, 0.4) is 0 Å². The van der Waals surface area contributed by atoms with Gasteiger partial charge in [-0.15, -0.1) is 0 Å². The van der Waals surface area contributed by atoms with E-state index in [2.05, 4.69) is 10.2 Å². The number of hydrogen-bond acceptors (Lipinski definition) is 3. The van der Waals surface area contributed by atoms with Gasteiger partial charge in [-0.1, -0.05) is 6.07 Å². The molecular formula is C11H9N3O2. The van der Waals surface area contributed by atoms with Crippen LogP contribution in [0.2, 0.25) is 0 Å². The first-order valence-corrected chi connectivity index (χ1v) is 4.62. The van der Waals surface area contributed by atoms with Crippen molar-refractivity contribution in [3.05, 3.63) is 46.4 Å². The molecule has 0 fully saturated rings. The molecule has 0 bridgehead atoms. The Labute approximate surface area is 90.6 Å². The third-order valence-electron chi connectivity index (χ3n) is 2.13. The van der Waals surface area contributed by atoms with Crippen LogP contribution >= 0.6 is 0 Å². The topological polar surface area (TPSA) is 88.8 Å². The minimum Gasteiger partial charge on any atom is -0.366 e. The van der Waals surface area contributed by atoms with Crippen LogP contribution in [0.4, 0.5) is 0 Å². The largest absolute Gasteiger partial charge is 0.366 e. The highest BCUT2D eigenvalue weighted by Crippen LogP contribution is 2.11. The Morgan fingerprint density at radius 2 is 2.25 bits per heavy atom. The first-order valence-electron chi connectivity index (χ1n) is 4.62. The number of nitrogens with two attached hydrogens (primary N) is 1. The Hall–Kier alpha value is -2.43. The second kappa shape index (κ2) is 3.98. The maximum atomic E-state index is 11.3. The molecule has 1 heterocycles. The molecule has 5 heteroatoms. The van der Waals surface area contributed by atoms with Gasteiger partial charge in [-0.3, -0.25) is 9.59 Å². The number of nitrogens with one attached hydrogen (secondary N) is 1. The third-order valence-corrected chi connectivity index (χ3v) is 2.13. The lowest BCUT2D eigenvalue weighted by Gasteiger charge is -1.97. The van der Waals surface area contributed by atoms with Crippen molar-refractivity contribution in [2.45, 2.75) is 0 Å². The molecule has 0 saturated carbocycles. The van der Waals surface area contributed by atoms with E-state index in [9.17, 15) is 9.59 Å². The molecule has 2 rings (SSSR count). The molecule has 2 aromatic rings. The van der Waals surface area contributed by atoms with Crippen molar-refractivity contribution in [3.8, 4) is 0 Å². The Bertz CT molecular complexity index is 628.